The van der Waals surface area contributed by atoms with Crippen LogP contribution in [0.25, 0.3) is 0 Å². The molecule has 1 unspecified atom stereocenters. The molecular weight excluding hydrogens is 218 g/mol. The van der Waals surface area contributed by atoms with E-state index >= 15 is 0 Å². The number of nitrogens with one attached hydrogen (secondary N) is 1. The summed E-state index contributed by atoms with van der Waals surface area (Å²) in [5.41, 5.74) is 1.02. The van der Waals surface area contributed by atoms with Gasteiger partial charge in [0.2, 0.25) is 0 Å². The molecule has 1 atom stereocenters. The van der Waals surface area contributed by atoms with Gasteiger partial charge in [0.05, 0.1) is 19.8 Å². The molecule has 0 aliphatic carbocycles. The molecular formula is C13H21NO3. The summed E-state index contributed by atoms with van der Waals surface area (Å²) >= 11 is 0. The summed E-state index contributed by atoms with van der Waals surface area (Å²) in [6.07, 6.45) is 0.174. The molecule has 0 aromatic heterocycles. The van der Waals surface area contributed by atoms with Crippen LogP contribution >= 0.6 is 0 Å². The predicted molar refractivity (Wildman–Crippen MR) is 67.5 cm³/mol. The minimum atomic E-state index is -0.414. The highest BCUT2D eigenvalue weighted by Gasteiger charge is 2.08. The van der Waals surface area contributed by atoms with Crippen LogP contribution in [0, 0.1) is 0 Å². The van der Waals surface area contributed by atoms with Crippen LogP contribution in [0.4, 0.5) is 0 Å². The first-order valence-electron chi connectivity index (χ1n) is 5.77. The molecule has 96 valence electrons. The van der Waals surface area contributed by atoms with E-state index < -0.39 is 6.10 Å². The van der Waals surface area contributed by atoms with Crippen LogP contribution in [0.1, 0.15) is 5.56 Å². The van der Waals surface area contributed by atoms with Gasteiger partial charge in [0.25, 0.3) is 0 Å². The van der Waals surface area contributed by atoms with Crippen molar-refractivity contribution in [2.24, 2.45) is 0 Å². The van der Waals surface area contributed by atoms with E-state index in [0.717, 1.165) is 17.9 Å². The largest absolute Gasteiger partial charge is 0.496 e. The maximum atomic E-state index is 9.86. The number of hydrogen-bond donors (Lipinski definition) is 2. The van der Waals surface area contributed by atoms with Crippen molar-refractivity contribution in [1.29, 1.82) is 0 Å². The van der Waals surface area contributed by atoms with Crippen molar-refractivity contribution >= 4 is 0 Å². The Bertz CT molecular complexity index is 317. The number of aliphatic hydroxyl groups is 1. The molecule has 2 N–H and O–H groups in total. The van der Waals surface area contributed by atoms with Crippen molar-refractivity contribution < 1.29 is 14.6 Å². The van der Waals surface area contributed by atoms with Gasteiger partial charge in [0.15, 0.2) is 0 Å². The SMILES string of the molecule is COCCNCC(O)Cc1ccccc1OC. The number of methoxy groups -OCH3 is 2. The van der Waals surface area contributed by atoms with Crippen LogP contribution in [0.5, 0.6) is 5.75 Å². The molecule has 0 radical (unpaired) electrons. The van der Waals surface area contributed by atoms with Gasteiger partial charge in [0.1, 0.15) is 5.75 Å². The lowest BCUT2D eigenvalue weighted by atomic mass is 10.1. The molecule has 4 nitrogen and oxygen atoms in total. The van der Waals surface area contributed by atoms with Gasteiger partial charge in [0, 0.05) is 26.6 Å². The van der Waals surface area contributed by atoms with E-state index in [9.17, 15) is 5.11 Å². The highest BCUT2D eigenvalue weighted by molar-refractivity contribution is 5.33. The fraction of sp³-hybridized carbons (Fsp3) is 0.538. The Hall–Kier alpha value is -1.10. The van der Waals surface area contributed by atoms with Gasteiger partial charge in [-0.25, -0.2) is 0 Å². The van der Waals surface area contributed by atoms with Crippen molar-refractivity contribution in [2.45, 2.75) is 12.5 Å². The number of para-hydroxylation sites is 1. The predicted octanol–water partition coefficient (Wildman–Crippen LogP) is 0.835. The van der Waals surface area contributed by atoms with Crippen LogP contribution in [-0.2, 0) is 11.2 Å². The van der Waals surface area contributed by atoms with Gasteiger partial charge < -0.3 is 19.9 Å². The van der Waals surface area contributed by atoms with Crippen LogP contribution in [0.3, 0.4) is 0 Å². The molecule has 1 rings (SSSR count). The summed E-state index contributed by atoms with van der Waals surface area (Å²) in [4.78, 5) is 0. The van der Waals surface area contributed by atoms with E-state index in [1.165, 1.54) is 0 Å². The molecule has 0 saturated heterocycles. The second-order valence-electron chi connectivity index (χ2n) is 3.87. The molecule has 0 spiro atoms. The zero-order valence-electron chi connectivity index (χ0n) is 10.5. The first-order chi connectivity index (χ1) is 8.27. The normalized spacial score (nSPS) is 12.4. The van der Waals surface area contributed by atoms with Gasteiger partial charge in [-0.1, -0.05) is 18.2 Å². The van der Waals surface area contributed by atoms with Crippen molar-refractivity contribution in [3.8, 4) is 5.75 Å². The lowest BCUT2D eigenvalue weighted by Crippen LogP contribution is -2.30. The average Bonchev–Trinajstić information content (AvgIpc) is 2.35. The summed E-state index contributed by atoms with van der Waals surface area (Å²) in [5.74, 6) is 0.823. The Morgan fingerprint density at radius 1 is 1.29 bits per heavy atom. The van der Waals surface area contributed by atoms with Gasteiger partial charge >= 0.3 is 0 Å². The minimum Gasteiger partial charge on any atom is -0.496 e. The Balaban J connectivity index is 2.36. The molecule has 0 saturated carbocycles. The molecule has 4 heteroatoms. The molecule has 17 heavy (non-hydrogen) atoms. The summed E-state index contributed by atoms with van der Waals surface area (Å²) in [6.45, 7) is 1.96. The number of rotatable bonds is 8. The lowest BCUT2D eigenvalue weighted by molar-refractivity contribution is 0.159. The standard InChI is InChI=1S/C13H21NO3/c1-16-8-7-14-10-12(15)9-11-5-3-4-6-13(11)17-2/h3-6,12,14-15H,7-10H2,1-2H3. The Kier molecular flexibility index (Phi) is 6.62. The highest BCUT2D eigenvalue weighted by Crippen LogP contribution is 2.18. The van der Waals surface area contributed by atoms with Gasteiger partial charge in [-0.3, -0.25) is 0 Å². The fourth-order valence-corrected chi connectivity index (χ4v) is 1.64. The number of hydrogen-bond acceptors (Lipinski definition) is 4. The Labute approximate surface area is 103 Å². The number of aliphatic hydroxyl groups excluding tert-OH is 1. The monoisotopic (exact) mass is 239 g/mol. The zero-order valence-corrected chi connectivity index (χ0v) is 10.5. The minimum absolute atomic E-state index is 0.414. The van der Waals surface area contributed by atoms with Crippen molar-refractivity contribution in [2.75, 3.05) is 33.9 Å². The molecule has 0 aliphatic rings. The van der Waals surface area contributed by atoms with Crippen molar-refractivity contribution in [1.82, 2.24) is 5.32 Å². The molecule has 0 fully saturated rings. The van der Waals surface area contributed by atoms with Crippen molar-refractivity contribution in [3.63, 3.8) is 0 Å². The van der Waals surface area contributed by atoms with E-state index in [4.69, 9.17) is 9.47 Å². The first kappa shape index (κ1) is 14.0. The second kappa shape index (κ2) is 8.06. The maximum Gasteiger partial charge on any atom is 0.122 e. The summed E-state index contributed by atoms with van der Waals surface area (Å²) < 4.78 is 10.2. The molecule has 0 amide bonds. The summed E-state index contributed by atoms with van der Waals surface area (Å²) in [5, 5.41) is 13.0. The Morgan fingerprint density at radius 3 is 2.76 bits per heavy atom. The highest BCUT2D eigenvalue weighted by atomic mass is 16.5. The molecule has 0 bridgehead atoms. The van der Waals surface area contributed by atoms with E-state index in [2.05, 4.69) is 5.32 Å². The van der Waals surface area contributed by atoms with E-state index in [-0.39, 0.29) is 0 Å². The lowest BCUT2D eigenvalue weighted by Gasteiger charge is -2.14. The van der Waals surface area contributed by atoms with Crippen LogP contribution in [0.2, 0.25) is 0 Å². The molecule has 1 aromatic rings. The second-order valence-corrected chi connectivity index (χ2v) is 3.87. The Morgan fingerprint density at radius 2 is 2.06 bits per heavy atom. The van der Waals surface area contributed by atoms with Crippen LogP contribution < -0.4 is 10.1 Å². The van der Waals surface area contributed by atoms with E-state index in [1.807, 2.05) is 24.3 Å². The smallest absolute Gasteiger partial charge is 0.122 e. The van der Waals surface area contributed by atoms with Gasteiger partial charge in [-0.15, -0.1) is 0 Å². The quantitative estimate of drug-likeness (QED) is 0.660. The van der Waals surface area contributed by atoms with E-state index in [0.29, 0.717) is 19.6 Å². The number of ether oxygens (including phenoxy) is 2. The third kappa shape index (κ3) is 5.17. The third-order valence-corrected chi connectivity index (χ3v) is 2.51. The van der Waals surface area contributed by atoms with Crippen LogP contribution in [0.15, 0.2) is 24.3 Å². The first-order valence-corrected chi connectivity index (χ1v) is 5.77. The van der Waals surface area contributed by atoms with Gasteiger partial charge in [-0.2, -0.15) is 0 Å². The zero-order chi connectivity index (χ0) is 12.5. The van der Waals surface area contributed by atoms with Crippen LogP contribution in [-0.4, -0.2) is 45.1 Å². The average molecular weight is 239 g/mol. The molecule has 0 heterocycles. The van der Waals surface area contributed by atoms with E-state index in [1.54, 1.807) is 14.2 Å². The topological polar surface area (TPSA) is 50.7 Å². The van der Waals surface area contributed by atoms with Crippen molar-refractivity contribution in [3.05, 3.63) is 29.8 Å². The summed E-state index contributed by atoms with van der Waals surface area (Å²) in [7, 11) is 3.30. The third-order valence-electron chi connectivity index (χ3n) is 2.51. The van der Waals surface area contributed by atoms with Gasteiger partial charge in [-0.05, 0) is 11.6 Å². The fourth-order valence-electron chi connectivity index (χ4n) is 1.64. The summed E-state index contributed by atoms with van der Waals surface area (Å²) in [6, 6.07) is 7.74. The molecule has 1 aromatic carbocycles. The number of benzene rings is 1. The maximum absolute atomic E-state index is 9.86. The molecule has 0 aliphatic heterocycles.